The average molecular weight is 411 g/mol. The van der Waals surface area contributed by atoms with Gasteiger partial charge in [0.25, 0.3) is 5.91 Å². The third-order valence-corrected chi connectivity index (χ3v) is 5.35. The van der Waals surface area contributed by atoms with Crippen LogP contribution in [0.2, 0.25) is 5.02 Å². The zero-order valence-electron chi connectivity index (χ0n) is 16.1. The van der Waals surface area contributed by atoms with E-state index in [0.29, 0.717) is 26.3 Å². The largest absolute Gasteiger partial charge is 0.379 e. The number of benzene rings is 2. The van der Waals surface area contributed by atoms with Crippen LogP contribution in [0.15, 0.2) is 59.8 Å². The zero-order chi connectivity index (χ0) is 20.1. The van der Waals surface area contributed by atoms with E-state index in [4.69, 9.17) is 16.3 Å². The number of halogens is 1. The molecule has 0 bridgehead atoms. The van der Waals surface area contributed by atoms with Crippen molar-refractivity contribution in [2.75, 3.05) is 32.8 Å². The Kier molecular flexibility index (Phi) is 6.24. The van der Waals surface area contributed by atoms with E-state index in [-0.39, 0.29) is 5.91 Å². The highest BCUT2D eigenvalue weighted by molar-refractivity contribution is 6.31. The Morgan fingerprint density at radius 3 is 2.72 bits per heavy atom. The van der Waals surface area contributed by atoms with E-state index in [1.54, 1.807) is 6.21 Å². The molecule has 2 heterocycles. The molecular weight excluding hydrogens is 388 g/mol. The Morgan fingerprint density at radius 2 is 1.90 bits per heavy atom. The highest BCUT2D eigenvalue weighted by Crippen LogP contribution is 2.23. The van der Waals surface area contributed by atoms with E-state index < -0.39 is 0 Å². The molecule has 3 aromatic rings. The molecule has 1 aromatic heterocycles. The summed E-state index contributed by atoms with van der Waals surface area (Å²) in [5.41, 5.74) is 5.72. The quantitative estimate of drug-likeness (QED) is 0.501. The first-order valence-corrected chi connectivity index (χ1v) is 10.0. The number of carbonyl (C=O) groups is 1. The van der Waals surface area contributed by atoms with Gasteiger partial charge in [-0.25, -0.2) is 5.43 Å². The fourth-order valence-electron chi connectivity index (χ4n) is 3.49. The lowest BCUT2D eigenvalue weighted by Crippen LogP contribution is -2.42. The second-order valence-corrected chi connectivity index (χ2v) is 7.41. The molecule has 1 aliphatic rings. The van der Waals surface area contributed by atoms with Crippen molar-refractivity contribution in [1.29, 1.82) is 0 Å². The lowest BCUT2D eigenvalue weighted by Gasteiger charge is -2.25. The Bertz CT molecular complexity index is 1020. The minimum absolute atomic E-state index is 0.122. The van der Waals surface area contributed by atoms with Crippen molar-refractivity contribution < 1.29 is 9.53 Å². The Balaban J connectivity index is 1.48. The van der Waals surface area contributed by atoms with Crippen LogP contribution < -0.4 is 5.43 Å². The van der Waals surface area contributed by atoms with Gasteiger partial charge in [0.05, 0.1) is 26.0 Å². The molecule has 1 aliphatic heterocycles. The summed E-state index contributed by atoms with van der Waals surface area (Å²) in [7, 11) is 0. The van der Waals surface area contributed by atoms with Gasteiger partial charge in [0, 0.05) is 47.3 Å². The molecule has 0 radical (unpaired) electrons. The number of hydrogen-bond donors (Lipinski definition) is 1. The molecule has 1 N–H and O–H groups in total. The molecule has 0 atom stereocenters. The molecule has 1 fully saturated rings. The molecule has 2 aromatic carbocycles. The van der Waals surface area contributed by atoms with E-state index >= 15 is 0 Å². The fraction of sp³-hybridized carbons (Fsp3) is 0.273. The van der Waals surface area contributed by atoms with Crippen molar-refractivity contribution >= 4 is 34.6 Å². The van der Waals surface area contributed by atoms with Gasteiger partial charge >= 0.3 is 0 Å². The van der Waals surface area contributed by atoms with Crippen LogP contribution >= 0.6 is 11.6 Å². The second kappa shape index (κ2) is 9.22. The Labute approximate surface area is 174 Å². The smallest absolute Gasteiger partial charge is 0.254 e. The number of amides is 1. The number of aromatic nitrogens is 1. The van der Waals surface area contributed by atoms with Crippen molar-refractivity contribution in [3.8, 4) is 0 Å². The van der Waals surface area contributed by atoms with Crippen molar-refractivity contribution in [3.63, 3.8) is 0 Å². The van der Waals surface area contributed by atoms with Crippen LogP contribution in [0.25, 0.3) is 10.9 Å². The van der Waals surface area contributed by atoms with E-state index in [1.807, 2.05) is 42.6 Å². The topological polar surface area (TPSA) is 58.9 Å². The fourth-order valence-corrected chi connectivity index (χ4v) is 3.69. The predicted octanol–water partition coefficient (Wildman–Crippen LogP) is 3.13. The summed E-state index contributed by atoms with van der Waals surface area (Å²) in [4.78, 5) is 14.2. The van der Waals surface area contributed by atoms with Gasteiger partial charge in [0.2, 0.25) is 0 Å². The van der Waals surface area contributed by atoms with Crippen LogP contribution in [0, 0.1) is 0 Å². The van der Waals surface area contributed by atoms with Crippen molar-refractivity contribution in [3.05, 3.63) is 70.9 Å². The van der Waals surface area contributed by atoms with Crippen LogP contribution in [-0.4, -0.2) is 54.4 Å². The van der Waals surface area contributed by atoms with Crippen LogP contribution in [0.5, 0.6) is 0 Å². The first-order valence-electron chi connectivity index (χ1n) is 9.64. The van der Waals surface area contributed by atoms with Gasteiger partial charge in [-0.15, -0.1) is 0 Å². The van der Waals surface area contributed by atoms with E-state index in [1.165, 1.54) is 0 Å². The Hall–Kier alpha value is -2.67. The summed E-state index contributed by atoms with van der Waals surface area (Å²) in [5.74, 6) is -0.122. The molecule has 29 heavy (non-hydrogen) atoms. The maximum atomic E-state index is 12.1. The molecule has 1 saturated heterocycles. The van der Waals surface area contributed by atoms with Gasteiger partial charge in [0.15, 0.2) is 0 Å². The van der Waals surface area contributed by atoms with Crippen molar-refractivity contribution in [2.24, 2.45) is 5.10 Å². The number of rotatable bonds is 6. The predicted molar refractivity (Wildman–Crippen MR) is 115 cm³/mol. The molecule has 6 nitrogen and oxygen atoms in total. The van der Waals surface area contributed by atoms with Gasteiger partial charge in [0.1, 0.15) is 0 Å². The first-order chi connectivity index (χ1) is 14.2. The van der Waals surface area contributed by atoms with Crippen LogP contribution in [0.1, 0.15) is 11.1 Å². The van der Waals surface area contributed by atoms with Gasteiger partial charge < -0.3 is 9.30 Å². The highest BCUT2D eigenvalue weighted by Gasteiger charge is 2.13. The standard InChI is InChI=1S/C22H23ClN4O2/c23-20-7-3-1-5-17(20)14-27-15-18(19-6-2-4-8-21(19)27)13-24-25-22(28)16-26-9-11-29-12-10-26/h1-8,13,15H,9-12,14,16H2,(H,25,28). The molecule has 0 unspecified atom stereocenters. The van der Waals surface area contributed by atoms with Gasteiger partial charge in [-0.3, -0.25) is 9.69 Å². The van der Waals surface area contributed by atoms with Gasteiger partial charge in [-0.2, -0.15) is 5.10 Å². The van der Waals surface area contributed by atoms with Gasteiger partial charge in [-0.05, 0) is 17.7 Å². The summed E-state index contributed by atoms with van der Waals surface area (Å²) in [6.45, 7) is 3.87. The summed E-state index contributed by atoms with van der Waals surface area (Å²) in [6.07, 6.45) is 3.73. The van der Waals surface area contributed by atoms with Crippen LogP contribution in [0.4, 0.5) is 0 Å². The number of hydrogen-bond acceptors (Lipinski definition) is 4. The summed E-state index contributed by atoms with van der Waals surface area (Å²) in [5, 5.41) is 5.99. The maximum Gasteiger partial charge on any atom is 0.254 e. The first kappa shape index (κ1) is 19.6. The van der Waals surface area contributed by atoms with Crippen LogP contribution in [0.3, 0.4) is 0 Å². The Morgan fingerprint density at radius 1 is 1.14 bits per heavy atom. The molecule has 4 rings (SSSR count). The van der Waals surface area contributed by atoms with E-state index in [0.717, 1.165) is 40.1 Å². The normalized spacial score (nSPS) is 15.2. The molecule has 0 spiro atoms. The SMILES string of the molecule is O=C(CN1CCOCC1)NN=Cc1cn(Cc2ccccc2Cl)c2ccccc12. The van der Waals surface area contributed by atoms with Gasteiger partial charge in [-0.1, -0.05) is 48.0 Å². The summed E-state index contributed by atoms with van der Waals surface area (Å²) >= 11 is 6.33. The third-order valence-electron chi connectivity index (χ3n) is 4.98. The number of nitrogens with one attached hydrogen (secondary N) is 1. The zero-order valence-corrected chi connectivity index (χ0v) is 16.8. The molecule has 1 amide bonds. The lowest BCUT2D eigenvalue weighted by atomic mass is 10.2. The number of fused-ring (bicyclic) bond motifs is 1. The second-order valence-electron chi connectivity index (χ2n) is 7.00. The summed E-state index contributed by atoms with van der Waals surface area (Å²) in [6, 6.07) is 16.0. The maximum absolute atomic E-state index is 12.1. The molecule has 150 valence electrons. The van der Waals surface area contributed by atoms with E-state index in [9.17, 15) is 4.79 Å². The number of carbonyl (C=O) groups excluding carboxylic acids is 1. The monoisotopic (exact) mass is 410 g/mol. The molecule has 0 aliphatic carbocycles. The number of ether oxygens (including phenoxy) is 1. The van der Waals surface area contributed by atoms with Crippen molar-refractivity contribution in [2.45, 2.75) is 6.54 Å². The highest BCUT2D eigenvalue weighted by atomic mass is 35.5. The molecule has 0 saturated carbocycles. The summed E-state index contributed by atoms with van der Waals surface area (Å²) < 4.78 is 7.45. The average Bonchev–Trinajstić information content (AvgIpc) is 3.08. The number of morpholine rings is 1. The number of para-hydroxylation sites is 1. The minimum atomic E-state index is -0.122. The van der Waals surface area contributed by atoms with Crippen molar-refractivity contribution in [1.82, 2.24) is 14.9 Å². The lowest BCUT2D eigenvalue weighted by molar-refractivity contribution is -0.123. The molecule has 7 heteroatoms. The van der Waals surface area contributed by atoms with E-state index in [2.05, 4.69) is 32.1 Å². The minimum Gasteiger partial charge on any atom is -0.379 e. The van der Waals surface area contributed by atoms with Crippen LogP contribution in [-0.2, 0) is 16.1 Å². The molecular formula is C22H23ClN4O2. The third kappa shape index (κ3) is 4.85. The number of hydrazone groups is 1. The number of nitrogens with zero attached hydrogens (tertiary/aromatic N) is 3.